The lowest BCUT2D eigenvalue weighted by atomic mass is 10.3. The molecule has 0 amide bonds. The fraction of sp³-hybridized carbons (Fsp3) is 0.133. The molecular weight excluding hydrogens is 308 g/mol. The van der Waals surface area contributed by atoms with Crippen molar-refractivity contribution in [2.24, 2.45) is 0 Å². The quantitative estimate of drug-likeness (QED) is 0.591. The highest BCUT2D eigenvalue weighted by Gasteiger charge is 2.16. The molecule has 0 atom stereocenters. The number of fused-ring (bicyclic) bond motifs is 1. The Kier molecular flexibility index (Phi) is 3.30. The zero-order valence-electron chi connectivity index (χ0n) is 12.7. The van der Waals surface area contributed by atoms with Crippen LogP contribution in [-0.2, 0) is 6.54 Å². The van der Waals surface area contributed by atoms with Crippen molar-refractivity contribution in [3.63, 3.8) is 0 Å². The molecule has 4 aromatic heterocycles. The molecule has 9 nitrogen and oxygen atoms in total. The molecule has 0 fully saturated rings. The van der Waals surface area contributed by atoms with Gasteiger partial charge in [0.15, 0.2) is 17.2 Å². The molecule has 4 aromatic rings. The van der Waals surface area contributed by atoms with E-state index in [0.29, 0.717) is 29.4 Å². The van der Waals surface area contributed by atoms with E-state index in [2.05, 4.69) is 35.0 Å². The van der Waals surface area contributed by atoms with E-state index in [1.54, 1.807) is 24.0 Å². The molecule has 0 aliphatic heterocycles. The third-order valence-corrected chi connectivity index (χ3v) is 3.42. The van der Waals surface area contributed by atoms with Gasteiger partial charge in [0, 0.05) is 12.4 Å². The molecule has 0 saturated carbocycles. The molecule has 0 unspecified atom stereocenters. The van der Waals surface area contributed by atoms with Crippen molar-refractivity contribution < 1.29 is 0 Å². The van der Waals surface area contributed by atoms with Gasteiger partial charge in [0.2, 0.25) is 0 Å². The van der Waals surface area contributed by atoms with Gasteiger partial charge in [0.05, 0.1) is 12.7 Å². The SMILES string of the molecule is Cc1nc(-c2nc3cncnc3[nH]c2=O)n(Cc2cccnc2)n1. The number of aromatic amines is 1. The standard InChI is InChI=1S/C15H12N8O/c1-9-19-14(23(22-9)7-10-3-2-4-16-5-10)12-15(24)21-13-11(20-12)6-17-8-18-13/h2-6,8H,7H2,1H3,(H,17,18,21,24). The number of hydrogen-bond acceptors (Lipinski definition) is 7. The number of pyridine rings is 1. The van der Waals surface area contributed by atoms with Crippen LogP contribution in [0, 0.1) is 6.92 Å². The average molecular weight is 320 g/mol. The van der Waals surface area contributed by atoms with Crippen LogP contribution >= 0.6 is 0 Å². The second-order valence-electron chi connectivity index (χ2n) is 5.17. The summed E-state index contributed by atoms with van der Waals surface area (Å²) in [5, 5.41) is 4.36. The average Bonchev–Trinajstić information content (AvgIpc) is 2.95. The maximum atomic E-state index is 12.4. The van der Waals surface area contributed by atoms with Crippen molar-refractivity contribution in [1.29, 1.82) is 0 Å². The number of H-pyrrole nitrogens is 1. The Morgan fingerprint density at radius 1 is 1.21 bits per heavy atom. The lowest BCUT2D eigenvalue weighted by Gasteiger charge is -2.05. The Bertz CT molecular complexity index is 1070. The van der Waals surface area contributed by atoms with Gasteiger partial charge >= 0.3 is 0 Å². The van der Waals surface area contributed by atoms with E-state index in [0.717, 1.165) is 5.56 Å². The van der Waals surface area contributed by atoms with Crippen molar-refractivity contribution in [1.82, 2.24) is 39.7 Å². The fourth-order valence-electron chi connectivity index (χ4n) is 2.40. The minimum Gasteiger partial charge on any atom is -0.303 e. The van der Waals surface area contributed by atoms with E-state index in [1.807, 2.05) is 12.1 Å². The molecule has 24 heavy (non-hydrogen) atoms. The number of hydrogen-bond donors (Lipinski definition) is 1. The Labute approximate surface area is 135 Å². The zero-order valence-corrected chi connectivity index (χ0v) is 12.7. The molecule has 4 heterocycles. The maximum Gasteiger partial charge on any atom is 0.279 e. The molecule has 0 radical (unpaired) electrons. The highest BCUT2D eigenvalue weighted by atomic mass is 16.1. The second-order valence-corrected chi connectivity index (χ2v) is 5.17. The first-order chi connectivity index (χ1) is 11.7. The van der Waals surface area contributed by atoms with Gasteiger partial charge in [-0.3, -0.25) is 9.78 Å². The number of nitrogens with one attached hydrogen (secondary N) is 1. The number of nitrogens with zero attached hydrogens (tertiary/aromatic N) is 7. The summed E-state index contributed by atoms with van der Waals surface area (Å²) in [5.74, 6) is 0.947. The highest BCUT2D eigenvalue weighted by molar-refractivity contribution is 5.70. The van der Waals surface area contributed by atoms with Crippen LogP contribution in [0.1, 0.15) is 11.4 Å². The van der Waals surface area contributed by atoms with E-state index in [1.165, 1.54) is 12.5 Å². The number of rotatable bonds is 3. The number of aromatic nitrogens is 8. The molecule has 0 saturated heterocycles. The molecule has 1 N–H and O–H groups in total. The third-order valence-electron chi connectivity index (χ3n) is 3.42. The minimum absolute atomic E-state index is 0.182. The summed E-state index contributed by atoms with van der Waals surface area (Å²) >= 11 is 0. The predicted molar refractivity (Wildman–Crippen MR) is 85.0 cm³/mol. The van der Waals surface area contributed by atoms with E-state index >= 15 is 0 Å². The van der Waals surface area contributed by atoms with Crippen LogP contribution in [-0.4, -0.2) is 39.7 Å². The van der Waals surface area contributed by atoms with Crippen LogP contribution in [0.25, 0.3) is 22.7 Å². The van der Waals surface area contributed by atoms with Crippen LogP contribution in [0.3, 0.4) is 0 Å². The summed E-state index contributed by atoms with van der Waals surface area (Å²) in [6.45, 7) is 2.20. The smallest absolute Gasteiger partial charge is 0.279 e. The second kappa shape index (κ2) is 5.61. The van der Waals surface area contributed by atoms with Gasteiger partial charge in [-0.05, 0) is 18.6 Å². The maximum absolute atomic E-state index is 12.4. The first-order valence-electron chi connectivity index (χ1n) is 7.21. The van der Waals surface area contributed by atoms with Gasteiger partial charge in [-0.1, -0.05) is 6.07 Å². The van der Waals surface area contributed by atoms with Crippen molar-refractivity contribution >= 4 is 11.2 Å². The van der Waals surface area contributed by atoms with Crippen LogP contribution < -0.4 is 5.56 Å². The van der Waals surface area contributed by atoms with Gasteiger partial charge in [0.25, 0.3) is 5.56 Å². The highest BCUT2D eigenvalue weighted by Crippen LogP contribution is 2.14. The lowest BCUT2D eigenvalue weighted by molar-refractivity contribution is 0.682. The first-order valence-corrected chi connectivity index (χ1v) is 7.21. The normalized spacial score (nSPS) is 11.0. The van der Waals surface area contributed by atoms with Crippen LogP contribution in [0.15, 0.2) is 41.8 Å². The Balaban J connectivity index is 1.85. The Morgan fingerprint density at radius 2 is 2.12 bits per heavy atom. The third kappa shape index (κ3) is 2.51. The summed E-state index contributed by atoms with van der Waals surface area (Å²) in [5.41, 5.74) is 1.63. The Morgan fingerprint density at radius 3 is 2.96 bits per heavy atom. The van der Waals surface area contributed by atoms with Crippen molar-refractivity contribution in [2.75, 3.05) is 0 Å². The summed E-state index contributed by atoms with van der Waals surface area (Å²) in [6.07, 6.45) is 6.34. The van der Waals surface area contributed by atoms with E-state index in [4.69, 9.17) is 0 Å². The summed E-state index contributed by atoms with van der Waals surface area (Å²) < 4.78 is 1.64. The van der Waals surface area contributed by atoms with Crippen LogP contribution in [0.2, 0.25) is 0 Å². The zero-order chi connectivity index (χ0) is 16.5. The van der Waals surface area contributed by atoms with Gasteiger partial charge in [-0.25, -0.2) is 24.6 Å². The topological polar surface area (TPSA) is 115 Å². The summed E-state index contributed by atoms with van der Waals surface area (Å²) in [4.78, 5) is 35.8. The molecule has 118 valence electrons. The molecule has 0 spiro atoms. The first kappa shape index (κ1) is 14.1. The molecule has 0 aliphatic carbocycles. The molecule has 4 rings (SSSR count). The molecule has 0 aromatic carbocycles. The van der Waals surface area contributed by atoms with E-state index in [9.17, 15) is 4.79 Å². The summed E-state index contributed by atoms with van der Waals surface area (Å²) in [6, 6.07) is 3.77. The lowest BCUT2D eigenvalue weighted by Crippen LogP contribution is -2.16. The van der Waals surface area contributed by atoms with E-state index < -0.39 is 0 Å². The van der Waals surface area contributed by atoms with Gasteiger partial charge in [-0.15, -0.1) is 0 Å². The van der Waals surface area contributed by atoms with Crippen LogP contribution in [0.5, 0.6) is 0 Å². The molecular formula is C15H12N8O. The van der Waals surface area contributed by atoms with Crippen molar-refractivity contribution in [2.45, 2.75) is 13.5 Å². The molecule has 0 bridgehead atoms. The van der Waals surface area contributed by atoms with Gasteiger partial charge < -0.3 is 4.98 Å². The van der Waals surface area contributed by atoms with Gasteiger partial charge in [-0.2, -0.15) is 5.10 Å². The fourth-order valence-corrected chi connectivity index (χ4v) is 2.40. The monoisotopic (exact) mass is 320 g/mol. The van der Waals surface area contributed by atoms with Crippen LogP contribution in [0.4, 0.5) is 0 Å². The van der Waals surface area contributed by atoms with Gasteiger partial charge in [0.1, 0.15) is 17.7 Å². The minimum atomic E-state index is -0.374. The summed E-state index contributed by atoms with van der Waals surface area (Å²) in [7, 11) is 0. The van der Waals surface area contributed by atoms with Crippen molar-refractivity contribution in [3.05, 3.63) is 58.8 Å². The molecule has 0 aliphatic rings. The van der Waals surface area contributed by atoms with E-state index in [-0.39, 0.29) is 11.3 Å². The predicted octanol–water partition coefficient (Wildman–Crippen LogP) is 0.723. The largest absolute Gasteiger partial charge is 0.303 e. The van der Waals surface area contributed by atoms with Crippen molar-refractivity contribution in [3.8, 4) is 11.5 Å². The molecule has 9 heteroatoms. The number of aryl methyl sites for hydroxylation is 1. The Hall–Kier alpha value is -3.49.